The first-order valence-electron chi connectivity index (χ1n) is 5.49. The van der Waals surface area contributed by atoms with E-state index in [0.717, 1.165) is 5.56 Å². The van der Waals surface area contributed by atoms with Crippen molar-refractivity contribution in [1.29, 1.82) is 0 Å². The van der Waals surface area contributed by atoms with Crippen LogP contribution in [0.1, 0.15) is 22.3 Å². The van der Waals surface area contributed by atoms with E-state index in [-0.39, 0.29) is 5.91 Å². The Hall–Kier alpha value is -2.37. The summed E-state index contributed by atoms with van der Waals surface area (Å²) in [6.45, 7) is -0.410. The second-order valence-corrected chi connectivity index (χ2v) is 4.00. The maximum Gasteiger partial charge on any atom is 0.322 e. The minimum atomic E-state index is -1.09. The summed E-state index contributed by atoms with van der Waals surface area (Å²) in [6, 6.07) is 4.88. The fourth-order valence-corrected chi connectivity index (χ4v) is 1.78. The lowest BCUT2D eigenvalue weighted by Crippen LogP contribution is -2.29. The lowest BCUT2D eigenvalue weighted by atomic mass is 10.00. The standard InChI is InChI=1S/C12H12N2O4/c15-10-4-2-7-5-8(1-3-9(7)14-10)12(18)13-6-11(16)17/h1,3,5H,2,4,6H2,(H,13,18)(H,14,15)(H,16,17). The van der Waals surface area contributed by atoms with Crippen LogP contribution in [0.25, 0.3) is 0 Å². The summed E-state index contributed by atoms with van der Waals surface area (Å²) < 4.78 is 0. The normalized spacial score (nSPS) is 13.4. The van der Waals surface area contributed by atoms with Crippen LogP contribution >= 0.6 is 0 Å². The van der Waals surface area contributed by atoms with Crippen LogP contribution in [0, 0.1) is 0 Å². The van der Waals surface area contributed by atoms with Crippen molar-refractivity contribution in [3.05, 3.63) is 29.3 Å². The molecule has 1 aliphatic rings. The van der Waals surface area contributed by atoms with Gasteiger partial charge in [-0.25, -0.2) is 0 Å². The first-order valence-corrected chi connectivity index (χ1v) is 5.49. The summed E-state index contributed by atoms with van der Waals surface area (Å²) in [5.41, 5.74) is 1.99. The lowest BCUT2D eigenvalue weighted by Gasteiger charge is -2.17. The number of hydrogen-bond acceptors (Lipinski definition) is 3. The van der Waals surface area contributed by atoms with Crippen molar-refractivity contribution in [2.75, 3.05) is 11.9 Å². The molecule has 6 nitrogen and oxygen atoms in total. The number of benzene rings is 1. The third-order valence-electron chi connectivity index (χ3n) is 2.66. The molecule has 18 heavy (non-hydrogen) atoms. The van der Waals surface area contributed by atoms with Crippen molar-refractivity contribution in [3.8, 4) is 0 Å². The molecule has 1 aromatic rings. The molecule has 1 aliphatic heterocycles. The van der Waals surface area contributed by atoms with Crippen LogP contribution in [-0.4, -0.2) is 29.4 Å². The average Bonchev–Trinajstić information content (AvgIpc) is 2.35. The molecular formula is C12H12N2O4. The number of hydrogen-bond donors (Lipinski definition) is 3. The average molecular weight is 248 g/mol. The number of carboxylic acid groups (broad SMARTS) is 1. The summed E-state index contributed by atoms with van der Waals surface area (Å²) >= 11 is 0. The highest BCUT2D eigenvalue weighted by atomic mass is 16.4. The van der Waals surface area contributed by atoms with Gasteiger partial charge in [-0.3, -0.25) is 14.4 Å². The molecule has 2 rings (SSSR count). The van der Waals surface area contributed by atoms with Gasteiger partial charge in [-0.1, -0.05) is 0 Å². The van der Waals surface area contributed by atoms with E-state index in [4.69, 9.17) is 5.11 Å². The van der Waals surface area contributed by atoms with Gasteiger partial charge in [0.05, 0.1) is 0 Å². The molecule has 0 unspecified atom stereocenters. The van der Waals surface area contributed by atoms with Crippen molar-refractivity contribution >= 4 is 23.5 Å². The fourth-order valence-electron chi connectivity index (χ4n) is 1.78. The highest BCUT2D eigenvalue weighted by Gasteiger charge is 2.16. The van der Waals surface area contributed by atoms with E-state index in [1.165, 1.54) is 0 Å². The molecule has 3 N–H and O–H groups in total. The Morgan fingerprint density at radius 3 is 2.83 bits per heavy atom. The number of fused-ring (bicyclic) bond motifs is 1. The van der Waals surface area contributed by atoms with Gasteiger partial charge in [0.15, 0.2) is 0 Å². The third-order valence-corrected chi connectivity index (χ3v) is 2.66. The van der Waals surface area contributed by atoms with Crippen molar-refractivity contribution in [3.63, 3.8) is 0 Å². The molecule has 1 aromatic carbocycles. The van der Waals surface area contributed by atoms with E-state index in [1.54, 1.807) is 18.2 Å². The molecule has 0 spiro atoms. The molecule has 2 amide bonds. The predicted molar refractivity (Wildman–Crippen MR) is 63.4 cm³/mol. The number of nitrogens with one attached hydrogen (secondary N) is 2. The SMILES string of the molecule is O=C(O)CNC(=O)c1ccc2c(c1)CCC(=O)N2. The van der Waals surface area contributed by atoms with Crippen molar-refractivity contribution in [2.45, 2.75) is 12.8 Å². The Bertz CT molecular complexity index is 525. The molecule has 1 heterocycles. The fraction of sp³-hybridized carbons (Fsp3) is 0.250. The monoisotopic (exact) mass is 248 g/mol. The highest BCUT2D eigenvalue weighted by molar-refractivity contribution is 5.98. The Balaban J connectivity index is 2.13. The lowest BCUT2D eigenvalue weighted by molar-refractivity contribution is -0.135. The van der Waals surface area contributed by atoms with Crippen LogP contribution in [0.4, 0.5) is 5.69 Å². The number of carbonyl (C=O) groups excluding carboxylic acids is 2. The van der Waals surface area contributed by atoms with E-state index in [2.05, 4.69) is 10.6 Å². The molecular weight excluding hydrogens is 236 g/mol. The number of anilines is 1. The van der Waals surface area contributed by atoms with Crippen molar-refractivity contribution in [1.82, 2.24) is 5.32 Å². The molecule has 0 fully saturated rings. The summed E-state index contributed by atoms with van der Waals surface area (Å²) in [5.74, 6) is -1.56. The van der Waals surface area contributed by atoms with Crippen molar-refractivity contribution in [2.24, 2.45) is 0 Å². The van der Waals surface area contributed by atoms with E-state index in [9.17, 15) is 14.4 Å². The van der Waals surface area contributed by atoms with Gasteiger partial charge in [0, 0.05) is 17.7 Å². The van der Waals surface area contributed by atoms with Crippen LogP contribution in [0.5, 0.6) is 0 Å². The number of carbonyl (C=O) groups is 3. The number of aryl methyl sites for hydroxylation is 1. The van der Waals surface area contributed by atoms with Gasteiger partial charge >= 0.3 is 5.97 Å². The quantitative estimate of drug-likeness (QED) is 0.720. The largest absolute Gasteiger partial charge is 0.480 e. The highest BCUT2D eigenvalue weighted by Crippen LogP contribution is 2.23. The van der Waals surface area contributed by atoms with Gasteiger partial charge in [0.1, 0.15) is 6.54 Å². The third kappa shape index (κ3) is 2.65. The molecule has 0 atom stereocenters. The molecule has 0 radical (unpaired) electrons. The zero-order valence-corrected chi connectivity index (χ0v) is 9.53. The molecule has 0 aromatic heterocycles. The van der Waals surface area contributed by atoms with Gasteiger partial charge in [-0.15, -0.1) is 0 Å². The predicted octanol–water partition coefficient (Wildman–Crippen LogP) is 0.386. The van der Waals surface area contributed by atoms with Gasteiger partial charge < -0.3 is 15.7 Å². The second-order valence-electron chi connectivity index (χ2n) is 4.00. The molecule has 0 aliphatic carbocycles. The number of rotatable bonds is 3. The molecule has 0 saturated carbocycles. The first-order chi connectivity index (χ1) is 8.56. The maximum atomic E-state index is 11.6. The Morgan fingerprint density at radius 2 is 2.11 bits per heavy atom. The van der Waals surface area contributed by atoms with Gasteiger partial charge in [-0.2, -0.15) is 0 Å². The first kappa shape index (κ1) is 12.1. The van der Waals surface area contributed by atoms with E-state index in [0.29, 0.717) is 24.1 Å². The van der Waals surface area contributed by atoms with Crippen LogP contribution in [0.3, 0.4) is 0 Å². The zero-order chi connectivity index (χ0) is 13.1. The van der Waals surface area contributed by atoms with E-state index >= 15 is 0 Å². The van der Waals surface area contributed by atoms with Crippen LogP contribution in [0.2, 0.25) is 0 Å². The Kier molecular flexibility index (Phi) is 3.27. The Labute approximate surface area is 103 Å². The smallest absolute Gasteiger partial charge is 0.322 e. The molecule has 0 saturated heterocycles. The topological polar surface area (TPSA) is 95.5 Å². The number of carboxylic acids is 1. The van der Waals surface area contributed by atoms with E-state index in [1.807, 2.05) is 0 Å². The minimum Gasteiger partial charge on any atom is -0.480 e. The van der Waals surface area contributed by atoms with Crippen molar-refractivity contribution < 1.29 is 19.5 Å². The maximum absolute atomic E-state index is 11.6. The molecule has 6 heteroatoms. The minimum absolute atomic E-state index is 0.0365. The molecule has 94 valence electrons. The van der Waals surface area contributed by atoms with Crippen LogP contribution in [-0.2, 0) is 16.0 Å². The second kappa shape index (κ2) is 4.87. The van der Waals surface area contributed by atoms with Gasteiger partial charge in [0.25, 0.3) is 5.91 Å². The molecule has 0 bridgehead atoms. The number of aliphatic carboxylic acids is 1. The summed E-state index contributed by atoms with van der Waals surface area (Å²) in [6.07, 6.45) is 0.981. The zero-order valence-electron chi connectivity index (χ0n) is 9.53. The summed E-state index contributed by atoms with van der Waals surface area (Å²) in [5, 5.41) is 13.5. The van der Waals surface area contributed by atoms with Crippen LogP contribution in [0.15, 0.2) is 18.2 Å². The van der Waals surface area contributed by atoms with E-state index < -0.39 is 18.4 Å². The van der Waals surface area contributed by atoms with Gasteiger partial charge in [-0.05, 0) is 30.2 Å². The van der Waals surface area contributed by atoms with Gasteiger partial charge in [0.2, 0.25) is 5.91 Å². The van der Waals surface area contributed by atoms with Crippen LogP contribution < -0.4 is 10.6 Å². The summed E-state index contributed by atoms with van der Waals surface area (Å²) in [4.78, 5) is 33.1. The number of amides is 2. The Morgan fingerprint density at radius 1 is 1.33 bits per heavy atom. The summed E-state index contributed by atoms with van der Waals surface area (Å²) in [7, 11) is 0.